The summed E-state index contributed by atoms with van der Waals surface area (Å²) in [7, 11) is 0. The van der Waals surface area contributed by atoms with Crippen LogP contribution in [0.5, 0.6) is 0 Å². The molecular weight excluding hydrogens is 184 g/mol. The van der Waals surface area contributed by atoms with Gasteiger partial charge in [0.25, 0.3) is 0 Å². The van der Waals surface area contributed by atoms with E-state index in [2.05, 4.69) is 31.4 Å². The lowest BCUT2D eigenvalue weighted by Gasteiger charge is -2.27. The molecule has 1 heterocycles. The third-order valence-electron chi connectivity index (χ3n) is 2.09. The molecule has 1 saturated heterocycles. The lowest BCUT2D eigenvalue weighted by Crippen LogP contribution is -2.28. The summed E-state index contributed by atoms with van der Waals surface area (Å²) in [5.74, 6) is 0. The Hall–Kier alpha value is -1.23. The Labute approximate surface area is 93.9 Å². The summed E-state index contributed by atoms with van der Waals surface area (Å²) in [6.45, 7) is 9.88. The SMILES string of the molecule is C=CC=C(C#N)N1CCCCC1.CCC. The van der Waals surface area contributed by atoms with Gasteiger partial charge in [-0.2, -0.15) is 5.26 Å². The van der Waals surface area contributed by atoms with Gasteiger partial charge in [0.2, 0.25) is 0 Å². The van der Waals surface area contributed by atoms with E-state index in [9.17, 15) is 0 Å². The molecule has 0 unspecified atom stereocenters. The molecule has 15 heavy (non-hydrogen) atoms. The number of rotatable bonds is 2. The minimum Gasteiger partial charge on any atom is -0.363 e. The second kappa shape index (κ2) is 9.33. The normalized spacial score (nSPS) is 16.1. The van der Waals surface area contributed by atoms with Gasteiger partial charge in [-0.25, -0.2) is 0 Å². The Kier molecular flexibility index (Phi) is 8.56. The first-order valence-electron chi connectivity index (χ1n) is 5.77. The molecule has 0 bridgehead atoms. The summed E-state index contributed by atoms with van der Waals surface area (Å²) in [6.07, 6.45) is 8.41. The third-order valence-corrected chi connectivity index (χ3v) is 2.09. The van der Waals surface area contributed by atoms with Crippen LogP contribution >= 0.6 is 0 Å². The first-order chi connectivity index (χ1) is 7.29. The third kappa shape index (κ3) is 5.96. The van der Waals surface area contributed by atoms with E-state index in [4.69, 9.17) is 5.26 Å². The fourth-order valence-corrected chi connectivity index (χ4v) is 1.46. The molecule has 0 saturated carbocycles. The Morgan fingerprint density at radius 1 is 1.33 bits per heavy atom. The number of likely N-dealkylation sites (tertiary alicyclic amines) is 1. The van der Waals surface area contributed by atoms with Crippen molar-refractivity contribution in [1.29, 1.82) is 5.26 Å². The maximum absolute atomic E-state index is 8.80. The van der Waals surface area contributed by atoms with Gasteiger partial charge in [0, 0.05) is 13.1 Å². The maximum atomic E-state index is 8.80. The molecule has 0 aromatic rings. The van der Waals surface area contributed by atoms with Gasteiger partial charge in [0.05, 0.1) is 0 Å². The summed E-state index contributed by atoms with van der Waals surface area (Å²) in [5, 5.41) is 8.80. The van der Waals surface area contributed by atoms with Crippen LogP contribution in [-0.2, 0) is 0 Å². The lowest BCUT2D eigenvalue weighted by atomic mass is 10.1. The average Bonchev–Trinajstić information content (AvgIpc) is 2.28. The van der Waals surface area contributed by atoms with Gasteiger partial charge in [-0.3, -0.25) is 0 Å². The molecule has 0 radical (unpaired) electrons. The fraction of sp³-hybridized carbons (Fsp3) is 0.615. The van der Waals surface area contributed by atoms with E-state index in [-0.39, 0.29) is 0 Å². The molecular formula is C13H22N2. The van der Waals surface area contributed by atoms with E-state index in [1.807, 2.05) is 0 Å². The van der Waals surface area contributed by atoms with Crippen LogP contribution in [0.15, 0.2) is 24.4 Å². The van der Waals surface area contributed by atoms with Gasteiger partial charge in [0.15, 0.2) is 0 Å². The highest BCUT2D eigenvalue weighted by molar-refractivity contribution is 5.23. The molecule has 0 aromatic carbocycles. The Morgan fingerprint density at radius 2 is 1.87 bits per heavy atom. The van der Waals surface area contributed by atoms with Gasteiger partial charge in [-0.1, -0.05) is 32.9 Å². The van der Waals surface area contributed by atoms with Crippen LogP contribution in [0.3, 0.4) is 0 Å². The predicted molar refractivity (Wildman–Crippen MR) is 65.3 cm³/mol. The van der Waals surface area contributed by atoms with Crippen molar-refractivity contribution in [3.05, 3.63) is 24.4 Å². The van der Waals surface area contributed by atoms with Gasteiger partial charge >= 0.3 is 0 Å². The monoisotopic (exact) mass is 206 g/mol. The highest BCUT2D eigenvalue weighted by Crippen LogP contribution is 2.13. The van der Waals surface area contributed by atoms with Crippen molar-refractivity contribution in [2.75, 3.05) is 13.1 Å². The largest absolute Gasteiger partial charge is 0.363 e. The van der Waals surface area contributed by atoms with Crippen LogP contribution in [0.25, 0.3) is 0 Å². The van der Waals surface area contributed by atoms with Crippen molar-refractivity contribution in [3.8, 4) is 6.07 Å². The summed E-state index contributed by atoms with van der Waals surface area (Å²) < 4.78 is 0. The number of nitriles is 1. The molecule has 1 rings (SSSR count). The predicted octanol–water partition coefficient (Wildman–Crippen LogP) is 3.48. The molecule has 0 aliphatic carbocycles. The minimum absolute atomic E-state index is 0.754. The van der Waals surface area contributed by atoms with E-state index < -0.39 is 0 Å². The van der Waals surface area contributed by atoms with E-state index in [1.54, 1.807) is 12.2 Å². The molecule has 84 valence electrons. The van der Waals surface area contributed by atoms with Gasteiger partial charge in [-0.05, 0) is 25.3 Å². The number of piperidine rings is 1. The van der Waals surface area contributed by atoms with Gasteiger partial charge in [-0.15, -0.1) is 0 Å². The molecule has 2 heteroatoms. The van der Waals surface area contributed by atoms with Crippen LogP contribution in [0.1, 0.15) is 39.5 Å². The van der Waals surface area contributed by atoms with E-state index >= 15 is 0 Å². The minimum atomic E-state index is 0.754. The second-order valence-electron chi connectivity index (χ2n) is 3.65. The number of hydrogen-bond acceptors (Lipinski definition) is 2. The van der Waals surface area contributed by atoms with Crippen molar-refractivity contribution in [2.45, 2.75) is 39.5 Å². The van der Waals surface area contributed by atoms with E-state index in [0.717, 1.165) is 18.8 Å². The first kappa shape index (κ1) is 13.8. The standard InChI is InChI=1S/C10H14N2.C3H8/c1-2-6-10(9-11)12-7-4-3-5-8-12;1-3-2/h2,6H,1,3-5,7-8H2;3H2,1-2H3. The highest BCUT2D eigenvalue weighted by Gasteiger charge is 2.11. The van der Waals surface area contributed by atoms with Crippen molar-refractivity contribution in [2.24, 2.45) is 0 Å². The van der Waals surface area contributed by atoms with Gasteiger partial charge < -0.3 is 4.90 Å². The van der Waals surface area contributed by atoms with Crippen LogP contribution in [0.4, 0.5) is 0 Å². The van der Waals surface area contributed by atoms with Crippen LogP contribution in [0.2, 0.25) is 0 Å². The molecule has 1 aliphatic heterocycles. The number of nitrogens with zero attached hydrogens (tertiary/aromatic N) is 2. The Bertz CT molecular complexity index is 229. The van der Waals surface area contributed by atoms with E-state index in [0.29, 0.717) is 0 Å². The molecule has 1 fully saturated rings. The second-order valence-corrected chi connectivity index (χ2v) is 3.65. The zero-order valence-electron chi connectivity index (χ0n) is 10.00. The zero-order chi connectivity index (χ0) is 11.5. The molecule has 0 aromatic heterocycles. The first-order valence-corrected chi connectivity index (χ1v) is 5.77. The zero-order valence-corrected chi connectivity index (χ0v) is 10.00. The number of allylic oxidation sites excluding steroid dienone is 3. The van der Waals surface area contributed by atoms with Crippen molar-refractivity contribution < 1.29 is 0 Å². The number of hydrogen-bond donors (Lipinski definition) is 0. The summed E-state index contributed by atoms with van der Waals surface area (Å²) >= 11 is 0. The molecule has 2 nitrogen and oxygen atoms in total. The molecule has 0 atom stereocenters. The van der Waals surface area contributed by atoms with Crippen molar-refractivity contribution >= 4 is 0 Å². The maximum Gasteiger partial charge on any atom is 0.117 e. The molecule has 0 N–H and O–H groups in total. The molecule has 0 spiro atoms. The average molecular weight is 206 g/mol. The van der Waals surface area contributed by atoms with Crippen LogP contribution in [-0.4, -0.2) is 18.0 Å². The van der Waals surface area contributed by atoms with Gasteiger partial charge in [0.1, 0.15) is 11.8 Å². The van der Waals surface area contributed by atoms with Crippen LogP contribution < -0.4 is 0 Å². The van der Waals surface area contributed by atoms with E-state index in [1.165, 1.54) is 25.7 Å². The van der Waals surface area contributed by atoms with Crippen molar-refractivity contribution in [1.82, 2.24) is 4.90 Å². The smallest absolute Gasteiger partial charge is 0.117 e. The van der Waals surface area contributed by atoms with Crippen molar-refractivity contribution in [3.63, 3.8) is 0 Å². The highest BCUT2D eigenvalue weighted by atomic mass is 15.1. The summed E-state index contributed by atoms with van der Waals surface area (Å²) in [5.41, 5.74) is 0.754. The lowest BCUT2D eigenvalue weighted by molar-refractivity contribution is 0.295. The Morgan fingerprint density at radius 3 is 2.27 bits per heavy atom. The summed E-state index contributed by atoms with van der Waals surface area (Å²) in [4.78, 5) is 2.13. The summed E-state index contributed by atoms with van der Waals surface area (Å²) in [6, 6.07) is 2.19. The molecule has 0 amide bonds. The molecule has 1 aliphatic rings. The van der Waals surface area contributed by atoms with Crippen LogP contribution in [0, 0.1) is 11.3 Å². The topological polar surface area (TPSA) is 27.0 Å². The quantitative estimate of drug-likeness (QED) is 0.511. The Balaban J connectivity index is 0.000000583. The fourth-order valence-electron chi connectivity index (χ4n) is 1.46.